The number of nitrogens with one attached hydrogen (secondary N) is 1. The molecule has 3 aromatic rings. The molecule has 1 heterocycles. The lowest BCUT2D eigenvalue weighted by atomic mass is 10.1. The first kappa shape index (κ1) is 19.3. The van der Waals surface area contributed by atoms with Gasteiger partial charge in [0, 0.05) is 11.3 Å². The average Bonchev–Trinajstić information content (AvgIpc) is 2.98. The van der Waals surface area contributed by atoms with Crippen LogP contribution in [0.1, 0.15) is 18.1 Å². The summed E-state index contributed by atoms with van der Waals surface area (Å²) >= 11 is 7.44. The van der Waals surface area contributed by atoms with Gasteiger partial charge in [0.25, 0.3) is 0 Å². The van der Waals surface area contributed by atoms with Crippen LogP contribution in [0.5, 0.6) is 0 Å². The summed E-state index contributed by atoms with van der Waals surface area (Å²) in [4.78, 5) is 12.5. The summed E-state index contributed by atoms with van der Waals surface area (Å²) in [6, 6.07) is 13.2. The molecule has 0 saturated carbocycles. The zero-order valence-electron chi connectivity index (χ0n) is 15.2. The average molecular weight is 402 g/mol. The van der Waals surface area contributed by atoms with Crippen molar-refractivity contribution in [1.29, 1.82) is 0 Å². The minimum absolute atomic E-state index is 0.130. The number of nitrogens with two attached hydrogens (primary N) is 1. The largest absolute Gasteiger partial charge is 0.335 e. The molecule has 0 aliphatic carbocycles. The smallest absolute Gasteiger partial charge is 0.237 e. The van der Waals surface area contributed by atoms with Crippen molar-refractivity contribution in [2.75, 3.05) is 11.2 Å². The molecule has 140 valence electrons. The zero-order chi connectivity index (χ0) is 19.6. The number of aryl methyl sites for hydroxylation is 2. The first-order valence-electron chi connectivity index (χ1n) is 8.37. The SMILES string of the molecule is Cc1ccc(NC(=O)[C@@H](C)Sc2nnc(-c3ccccc3Cl)n2N)c(C)c1. The molecule has 0 unspecified atom stereocenters. The first-order chi connectivity index (χ1) is 12.9. The van der Waals surface area contributed by atoms with Crippen LogP contribution in [0.3, 0.4) is 0 Å². The number of rotatable bonds is 5. The van der Waals surface area contributed by atoms with E-state index in [2.05, 4.69) is 15.5 Å². The summed E-state index contributed by atoms with van der Waals surface area (Å²) in [6.07, 6.45) is 0. The fourth-order valence-electron chi connectivity index (χ4n) is 2.58. The molecule has 0 spiro atoms. The number of carbonyl (C=O) groups excluding carboxylic acids is 1. The summed E-state index contributed by atoms with van der Waals surface area (Å²) < 4.78 is 1.35. The van der Waals surface area contributed by atoms with Gasteiger partial charge in [-0.1, -0.05) is 53.2 Å². The molecular weight excluding hydrogens is 382 g/mol. The summed E-state index contributed by atoms with van der Waals surface area (Å²) in [6.45, 7) is 5.78. The van der Waals surface area contributed by atoms with Gasteiger partial charge in [-0.25, -0.2) is 4.68 Å². The Balaban J connectivity index is 1.73. The van der Waals surface area contributed by atoms with Gasteiger partial charge < -0.3 is 11.2 Å². The van der Waals surface area contributed by atoms with Crippen LogP contribution in [0.4, 0.5) is 5.69 Å². The third kappa shape index (κ3) is 4.26. The van der Waals surface area contributed by atoms with E-state index in [9.17, 15) is 4.79 Å². The highest BCUT2D eigenvalue weighted by Crippen LogP contribution is 2.29. The Kier molecular flexibility index (Phi) is 5.72. The second kappa shape index (κ2) is 8.02. The van der Waals surface area contributed by atoms with Gasteiger partial charge in [0.15, 0.2) is 5.82 Å². The van der Waals surface area contributed by atoms with Crippen LogP contribution in [0.25, 0.3) is 11.4 Å². The molecule has 8 heteroatoms. The summed E-state index contributed by atoms with van der Waals surface area (Å²) in [7, 11) is 0. The number of thioether (sulfide) groups is 1. The molecule has 1 atom stereocenters. The number of halogens is 1. The van der Waals surface area contributed by atoms with Gasteiger partial charge in [0.1, 0.15) is 0 Å². The van der Waals surface area contributed by atoms with E-state index >= 15 is 0 Å². The third-order valence-corrected chi connectivity index (χ3v) is 5.46. The van der Waals surface area contributed by atoms with Crippen molar-refractivity contribution in [2.24, 2.45) is 0 Å². The van der Waals surface area contributed by atoms with Crippen LogP contribution < -0.4 is 11.2 Å². The lowest BCUT2D eigenvalue weighted by Gasteiger charge is -2.13. The number of aromatic nitrogens is 3. The zero-order valence-corrected chi connectivity index (χ0v) is 16.8. The molecule has 0 fully saturated rings. The Morgan fingerprint density at radius 3 is 2.67 bits per heavy atom. The Labute approximate surface area is 167 Å². The third-order valence-electron chi connectivity index (χ3n) is 4.07. The Hall–Kier alpha value is -2.51. The summed E-state index contributed by atoms with van der Waals surface area (Å²) in [5.74, 6) is 6.45. The minimum atomic E-state index is -0.406. The lowest BCUT2D eigenvalue weighted by molar-refractivity contribution is -0.115. The number of carbonyl (C=O) groups is 1. The van der Waals surface area contributed by atoms with Crippen LogP contribution in [0, 0.1) is 13.8 Å². The van der Waals surface area contributed by atoms with Gasteiger partial charge in [0.2, 0.25) is 11.1 Å². The van der Waals surface area contributed by atoms with E-state index in [1.807, 2.05) is 50.2 Å². The standard InChI is InChI=1S/C19H20ClN5OS/c1-11-8-9-16(12(2)10-11)22-18(26)13(3)27-19-24-23-17(25(19)21)14-6-4-5-7-15(14)20/h4-10,13H,21H2,1-3H3,(H,22,26)/t13-/m1/s1. The van der Waals surface area contributed by atoms with E-state index in [4.69, 9.17) is 17.4 Å². The maximum Gasteiger partial charge on any atom is 0.237 e. The number of hydrogen-bond acceptors (Lipinski definition) is 5. The second-order valence-electron chi connectivity index (χ2n) is 6.22. The number of amides is 1. The lowest BCUT2D eigenvalue weighted by Crippen LogP contribution is -2.24. The molecule has 27 heavy (non-hydrogen) atoms. The van der Waals surface area contributed by atoms with Gasteiger partial charge in [-0.3, -0.25) is 4.79 Å². The number of hydrogen-bond donors (Lipinski definition) is 2. The van der Waals surface area contributed by atoms with E-state index in [1.54, 1.807) is 13.0 Å². The molecule has 0 saturated heterocycles. The first-order valence-corrected chi connectivity index (χ1v) is 9.62. The fourth-order valence-corrected chi connectivity index (χ4v) is 3.57. The van der Waals surface area contributed by atoms with Crippen molar-refractivity contribution in [3.05, 3.63) is 58.6 Å². The molecule has 1 amide bonds. The summed E-state index contributed by atoms with van der Waals surface area (Å²) in [5.41, 5.74) is 3.65. The number of anilines is 1. The monoisotopic (exact) mass is 401 g/mol. The van der Waals surface area contributed by atoms with Crippen LogP contribution in [0.15, 0.2) is 47.6 Å². The Morgan fingerprint density at radius 1 is 1.22 bits per heavy atom. The predicted molar refractivity (Wildman–Crippen MR) is 110 cm³/mol. The molecule has 0 bridgehead atoms. The van der Waals surface area contributed by atoms with E-state index in [1.165, 1.54) is 16.4 Å². The molecule has 2 aromatic carbocycles. The molecule has 1 aromatic heterocycles. The van der Waals surface area contributed by atoms with Crippen LogP contribution >= 0.6 is 23.4 Å². The Bertz CT molecular complexity index is 988. The molecule has 0 radical (unpaired) electrons. The van der Waals surface area contributed by atoms with Gasteiger partial charge in [-0.05, 0) is 44.5 Å². The van der Waals surface area contributed by atoms with Gasteiger partial charge in [0.05, 0.1) is 10.3 Å². The van der Waals surface area contributed by atoms with Crippen molar-refractivity contribution in [2.45, 2.75) is 31.2 Å². The van der Waals surface area contributed by atoms with E-state index in [0.29, 0.717) is 21.6 Å². The van der Waals surface area contributed by atoms with Gasteiger partial charge in [-0.2, -0.15) is 0 Å². The van der Waals surface area contributed by atoms with E-state index in [0.717, 1.165) is 16.8 Å². The van der Waals surface area contributed by atoms with Crippen LogP contribution in [-0.4, -0.2) is 26.0 Å². The molecular formula is C19H20ClN5OS. The molecule has 3 rings (SSSR count). The molecule has 6 nitrogen and oxygen atoms in total. The van der Waals surface area contributed by atoms with Crippen LogP contribution in [0.2, 0.25) is 5.02 Å². The number of benzene rings is 2. The maximum atomic E-state index is 12.5. The highest BCUT2D eigenvalue weighted by atomic mass is 35.5. The van der Waals surface area contributed by atoms with Gasteiger partial charge in [-0.15, -0.1) is 10.2 Å². The number of nitrogen functional groups attached to an aromatic ring is 1. The minimum Gasteiger partial charge on any atom is -0.335 e. The van der Waals surface area contributed by atoms with Gasteiger partial charge >= 0.3 is 0 Å². The molecule has 0 aliphatic rings. The van der Waals surface area contributed by atoms with Crippen molar-refractivity contribution < 1.29 is 4.79 Å². The quantitative estimate of drug-likeness (QED) is 0.497. The fraction of sp³-hybridized carbons (Fsp3) is 0.211. The van der Waals surface area contributed by atoms with Crippen molar-refractivity contribution in [3.63, 3.8) is 0 Å². The molecule has 3 N–H and O–H groups in total. The van der Waals surface area contributed by atoms with E-state index < -0.39 is 5.25 Å². The summed E-state index contributed by atoms with van der Waals surface area (Å²) in [5, 5.41) is 11.7. The number of nitrogens with zero attached hydrogens (tertiary/aromatic N) is 3. The van der Waals surface area contributed by atoms with Crippen molar-refractivity contribution in [3.8, 4) is 11.4 Å². The molecule has 0 aliphatic heterocycles. The Morgan fingerprint density at radius 2 is 1.96 bits per heavy atom. The normalized spacial score (nSPS) is 12.0. The predicted octanol–water partition coefficient (Wildman–Crippen LogP) is 4.05. The highest BCUT2D eigenvalue weighted by molar-refractivity contribution is 8.00. The van der Waals surface area contributed by atoms with Crippen molar-refractivity contribution in [1.82, 2.24) is 14.9 Å². The second-order valence-corrected chi connectivity index (χ2v) is 7.94. The topological polar surface area (TPSA) is 85.8 Å². The highest BCUT2D eigenvalue weighted by Gasteiger charge is 2.21. The van der Waals surface area contributed by atoms with Crippen molar-refractivity contribution >= 4 is 35.0 Å². The van der Waals surface area contributed by atoms with E-state index in [-0.39, 0.29) is 5.91 Å². The van der Waals surface area contributed by atoms with Crippen LogP contribution in [-0.2, 0) is 4.79 Å². The maximum absolute atomic E-state index is 12.5.